The van der Waals surface area contributed by atoms with E-state index < -0.39 is 0 Å². The van der Waals surface area contributed by atoms with Gasteiger partial charge in [-0.2, -0.15) is 5.10 Å². The predicted octanol–water partition coefficient (Wildman–Crippen LogP) is 2.30. The summed E-state index contributed by atoms with van der Waals surface area (Å²) in [7, 11) is 1.70. The summed E-state index contributed by atoms with van der Waals surface area (Å²) in [4.78, 5) is 0. The first-order valence-electron chi connectivity index (χ1n) is 6.17. The third-order valence-corrected chi connectivity index (χ3v) is 2.87. The number of benzene rings is 1. The summed E-state index contributed by atoms with van der Waals surface area (Å²) in [6.07, 6.45) is 3.79. The topological polar surface area (TPSA) is 53.1 Å². The van der Waals surface area contributed by atoms with Crippen LogP contribution in [0.3, 0.4) is 0 Å². The third-order valence-electron chi connectivity index (χ3n) is 2.87. The van der Waals surface area contributed by atoms with Crippen molar-refractivity contribution in [2.45, 2.75) is 18.9 Å². The van der Waals surface area contributed by atoms with Gasteiger partial charge in [-0.25, -0.2) is 4.68 Å². The molecule has 0 spiro atoms. The molecule has 0 saturated heterocycles. The van der Waals surface area contributed by atoms with Crippen molar-refractivity contribution in [3.8, 4) is 5.69 Å². The van der Waals surface area contributed by atoms with E-state index in [0.29, 0.717) is 0 Å². The van der Waals surface area contributed by atoms with Gasteiger partial charge in [0.05, 0.1) is 11.4 Å². The van der Waals surface area contributed by atoms with Crippen LogP contribution in [0.2, 0.25) is 0 Å². The lowest BCUT2D eigenvalue weighted by Gasteiger charge is -2.08. The average Bonchev–Trinajstić information content (AvgIpc) is 2.89. The smallest absolute Gasteiger partial charge is 0.0796 e. The van der Waals surface area contributed by atoms with Crippen LogP contribution in [0, 0.1) is 0 Å². The molecule has 2 N–H and O–H groups in total. The second kappa shape index (κ2) is 6.33. The van der Waals surface area contributed by atoms with E-state index in [9.17, 15) is 0 Å². The lowest BCUT2D eigenvalue weighted by Crippen LogP contribution is -2.12. The van der Waals surface area contributed by atoms with Crippen molar-refractivity contribution in [1.29, 1.82) is 0 Å². The van der Waals surface area contributed by atoms with Crippen LogP contribution in [-0.4, -0.2) is 23.5 Å². The highest BCUT2D eigenvalue weighted by atomic mass is 16.5. The van der Waals surface area contributed by atoms with E-state index >= 15 is 0 Å². The first-order chi connectivity index (χ1) is 8.81. The quantitative estimate of drug-likeness (QED) is 0.794. The monoisotopic (exact) mass is 245 g/mol. The first kappa shape index (κ1) is 12.8. The van der Waals surface area contributed by atoms with Crippen molar-refractivity contribution in [1.82, 2.24) is 9.78 Å². The molecule has 0 bridgehead atoms. The number of hydrogen-bond donors (Lipinski definition) is 1. The molecule has 0 aliphatic rings. The maximum atomic E-state index is 6.10. The van der Waals surface area contributed by atoms with Crippen LogP contribution in [0.25, 0.3) is 5.69 Å². The van der Waals surface area contributed by atoms with Gasteiger partial charge in [-0.15, -0.1) is 0 Å². The van der Waals surface area contributed by atoms with E-state index in [0.717, 1.165) is 30.8 Å². The Balaban J connectivity index is 2.02. The highest BCUT2D eigenvalue weighted by Gasteiger charge is 2.09. The molecule has 96 valence electrons. The van der Waals surface area contributed by atoms with Crippen molar-refractivity contribution >= 4 is 0 Å². The molecule has 2 rings (SSSR count). The maximum absolute atomic E-state index is 6.10. The van der Waals surface area contributed by atoms with Crippen molar-refractivity contribution < 1.29 is 4.74 Å². The molecule has 2 aromatic rings. The molecule has 1 aromatic carbocycles. The molecule has 1 unspecified atom stereocenters. The number of para-hydroxylation sites is 1. The minimum Gasteiger partial charge on any atom is -0.385 e. The van der Waals surface area contributed by atoms with E-state index in [1.165, 1.54) is 0 Å². The van der Waals surface area contributed by atoms with Gasteiger partial charge in [0, 0.05) is 26.0 Å². The fourth-order valence-electron chi connectivity index (χ4n) is 1.86. The summed E-state index contributed by atoms with van der Waals surface area (Å²) >= 11 is 0. The molecule has 1 heterocycles. The van der Waals surface area contributed by atoms with E-state index in [1.807, 2.05) is 47.3 Å². The Kier molecular flexibility index (Phi) is 4.50. The number of ether oxygens (including phenoxy) is 1. The zero-order chi connectivity index (χ0) is 12.8. The van der Waals surface area contributed by atoms with Gasteiger partial charge in [0.2, 0.25) is 0 Å². The summed E-state index contributed by atoms with van der Waals surface area (Å²) in [6, 6.07) is 12.0. The Morgan fingerprint density at radius 1 is 1.28 bits per heavy atom. The van der Waals surface area contributed by atoms with Gasteiger partial charge < -0.3 is 10.5 Å². The Morgan fingerprint density at radius 3 is 2.78 bits per heavy atom. The molecule has 0 radical (unpaired) electrons. The number of methoxy groups -OCH3 is 1. The van der Waals surface area contributed by atoms with Crippen molar-refractivity contribution in [2.24, 2.45) is 5.73 Å². The Labute approximate surface area is 107 Å². The summed E-state index contributed by atoms with van der Waals surface area (Å²) in [5, 5.41) is 4.51. The highest BCUT2D eigenvalue weighted by Crippen LogP contribution is 2.15. The third kappa shape index (κ3) is 3.18. The fraction of sp³-hybridized carbons (Fsp3) is 0.357. The average molecular weight is 245 g/mol. The van der Waals surface area contributed by atoms with E-state index in [4.69, 9.17) is 10.5 Å². The normalized spacial score (nSPS) is 12.6. The van der Waals surface area contributed by atoms with E-state index in [2.05, 4.69) is 5.10 Å². The predicted molar refractivity (Wildman–Crippen MR) is 71.6 cm³/mol. The van der Waals surface area contributed by atoms with Gasteiger partial charge in [-0.1, -0.05) is 18.2 Å². The zero-order valence-corrected chi connectivity index (χ0v) is 10.6. The van der Waals surface area contributed by atoms with Crippen molar-refractivity contribution in [3.63, 3.8) is 0 Å². The molecular weight excluding hydrogens is 226 g/mol. The SMILES string of the molecule is COCCCC(N)c1ccn(-c2ccccc2)n1. The lowest BCUT2D eigenvalue weighted by molar-refractivity contribution is 0.190. The molecule has 4 heteroatoms. The van der Waals surface area contributed by atoms with Crippen LogP contribution >= 0.6 is 0 Å². The van der Waals surface area contributed by atoms with Crippen LogP contribution in [0.1, 0.15) is 24.6 Å². The number of nitrogens with two attached hydrogens (primary N) is 1. The molecule has 0 fully saturated rings. The number of nitrogens with zero attached hydrogens (tertiary/aromatic N) is 2. The van der Waals surface area contributed by atoms with Crippen LogP contribution in [0.5, 0.6) is 0 Å². The fourth-order valence-corrected chi connectivity index (χ4v) is 1.86. The molecule has 0 amide bonds. The van der Waals surface area contributed by atoms with Gasteiger partial charge in [0.1, 0.15) is 0 Å². The van der Waals surface area contributed by atoms with Gasteiger partial charge in [0.25, 0.3) is 0 Å². The minimum absolute atomic E-state index is 0.0230. The maximum Gasteiger partial charge on any atom is 0.0796 e. The van der Waals surface area contributed by atoms with Crippen molar-refractivity contribution in [3.05, 3.63) is 48.3 Å². The van der Waals surface area contributed by atoms with Crippen LogP contribution < -0.4 is 5.73 Å². The second-order valence-corrected chi connectivity index (χ2v) is 4.26. The van der Waals surface area contributed by atoms with E-state index in [1.54, 1.807) is 7.11 Å². The second-order valence-electron chi connectivity index (χ2n) is 4.26. The zero-order valence-electron chi connectivity index (χ0n) is 10.6. The molecule has 4 nitrogen and oxygen atoms in total. The molecule has 18 heavy (non-hydrogen) atoms. The summed E-state index contributed by atoms with van der Waals surface area (Å²) in [5.74, 6) is 0. The Hall–Kier alpha value is -1.65. The highest BCUT2D eigenvalue weighted by molar-refractivity contribution is 5.30. The molecule has 1 atom stereocenters. The van der Waals surface area contributed by atoms with Crippen LogP contribution in [0.4, 0.5) is 0 Å². The van der Waals surface area contributed by atoms with Gasteiger partial charge in [0.15, 0.2) is 0 Å². The largest absolute Gasteiger partial charge is 0.385 e. The summed E-state index contributed by atoms with van der Waals surface area (Å²) in [5.41, 5.74) is 8.07. The molecule has 0 aliphatic carbocycles. The standard InChI is InChI=1S/C14H19N3O/c1-18-11-5-8-13(15)14-9-10-17(16-14)12-6-3-2-4-7-12/h2-4,6-7,9-10,13H,5,8,11,15H2,1H3. The van der Waals surface area contributed by atoms with Crippen LogP contribution in [0.15, 0.2) is 42.6 Å². The number of aromatic nitrogens is 2. The van der Waals surface area contributed by atoms with Crippen molar-refractivity contribution in [2.75, 3.05) is 13.7 Å². The summed E-state index contributed by atoms with van der Waals surface area (Å²) < 4.78 is 6.87. The summed E-state index contributed by atoms with van der Waals surface area (Å²) in [6.45, 7) is 0.743. The molecular formula is C14H19N3O. The van der Waals surface area contributed by atoms with Gasteiger partial charge in [-0.05, 0) is 31.0 Å². The Morgan fingerprint density at radius 2 is 2.06 bits per heavy atom. The minimum atomic E-state index is -0.0230. The van der Waals surface area contributed by atoms with Crippen LogP contribution in [-0.2, 0) is 4.74 Å². The molecule has 1 aromatic heterocycles. The number of rotatable bonds is 6. The molecule has 0 saturated carbocycles. The lowest BCUT2D eigenvalue weighted by atomic mass is 10.1. The molecule has 0 aliphatic heterocycles. The first-order valence-corrected chi connectivity index (χ1v) is 6.17. The van der Waals surface area contributed by atoms with Gasteiger partial charge >= 0.3 is 0 Å². The van der Waals surface area contributed by atoms with E-state index in [-0.39, 0.29) is 6.04 Å². The number of hydrogen-bond acceptors (Lipinski definition) is 3. The Bertz CT molecular complexity index is 467. The van der Waals surface area contributed by atoms with Gasteiger partial charge in [-0.3, -0.25) is 0 Å².